The number of benzene rings is 2. The van der Waals surface area contributed by atoms with Crippen molar-refractivity contribution in [3.8, 4) is 5.75 Å². The van der Waals surface area contributed by atoms with Gasteiger partial charge in [0.1, 0.15) is 11.3 Å². The molecule has 2 heterocycles. The lowest BCUT2D eigenvalue weighted by atomic mass is 9.98. The molecule has 0 radical (unpaired) electrons. The van der Waals surface area contributed by atoms with E-state index in [2.05, 4.69) is 6.92 Å². The summed E-state index contributed by atoms with van der Waals surface area (Å²) >= 11 is 6.26. The summed E-state index contributed by atoms with van der Waals surface area (Å²) in [4.78, 5) is 28.3. The third-order valence-corrected chi connectivity index (χ3v) is 6.17. The molecular formula is C25H26ClNO5. The molecule has 168 valence electrons. The van der Waals surface area contributed by atoms with E-state index in [1.165, 1.54) is 0 Å². The van der Waals surface area contributed by atoms with Gasteiger partial charge in [-0.3, -0.25) is 9.59 Å². The smallest absolute Gasteiger partial charge is 0.290 e. The van der Waals surface area contributed by atoms with Gasteiger partial charge in [0.05, 0.1) is 23.6 Å². The zero-order chi connectivity index (χ0) is 22.8. The van der Waals surface area contributed by atoms with Gasteiger partial charge in [-0.15, -0.1) is 0 Å². The minimum Gasteiger partial charge on any atom is -0.494 e. The summed E-state index contributed by atoms with van der Waals surface area (Å²) in [5.41, 5.74) is 1.92. The van der Waals surface area contributed by atoms with Crippen molar-refractivity contribution >= 4 is 28.5 Å². The number of aryl methyl sites for hydroxylation is 1. The first kappa shape index (κ1) is 22.4. The summed E-state index contributed by atoms with van der Waals surface area (Å²) in [5, 5.41) is 10.2. The van der Waals surface area contributed by atoms with Gasteiger partial charge in [-0.25, -0.2) is 0 Å². The minimum atomic E-state index is -0.602. The molecule has 4 rings (SSSR count). The highest BCUT2D eigenvalue weighted by atomic mass is 35.5. The summed E-state index contributed by atoms with van der Waals surface area (Å²) in [6.45, 7) is 4.80. The number of nitrogens with zero attached hydrogens (tertiary/aromatic N) is 1. The first-order valence-electron chi connectivity index (χ1n) is 10.9. The molecule has 7 heteroatoms. The molecule has 1 N–H and O–H groups in total. The summed E-state index contributed by atoms with van der Waals surface area (Å²) < 4.78 is 11.7. The van der Waals surface area contributed by atoms with E-state index in [-0.39, 0.29) is 23.7 Å². The Balaban J connectivity index is 1.82. The van der Waals surface area contributed by atoms with Gasteiger partial charge in [0.25, 0.3) is 5.91 Å². The number of amides is 1. The van der Waals surface area contributed by atoms with Crippen molar-refractivity contribution in [1.29, 1.82) is 0 Å². The molecule has 1 unspecified atom stereocenters. The van der Waals surface area contributed by atoms with Crippen LogP contribution in [0.25, 0.3) is 11.0 Å². The number of hydrogen-bond donors (Lipinski definition) is 1. The minimum absolute atomic E-state index is 0.0513. The molecule has 1 amide bonds. The van der Waals surface area contributed by atoms with E-state index in [9.17, 15) is 14.7 Å². The second-order valence-electron chi connectivity index (χ2n) is 8.02. The number of halogens is 1. The van der Waals surface area contributed by atoms with E-state index in [0.717, 1.165) is 29.7 Å². The Bertz CT molecular complexity index is 1200. The van der Waals surface area contributed by atoms with E-state index in [4.69, 9.17) is 20.8 Å². The lowest BCUT2D eigenvalue weighted by molar-refractivity contribution is 0.0716. The molecule has 2 aromatic carbocycles. The van der Waals surface area contributed by atoms with Crippen LogP contribution in [0.1, 0.15) is 59.5 Å². The van der Waals surface area contributed by atoms with Crippen LogP contribution in [0.4, 0.5) is 0 Å². The van der Waals surface area contributed by atoms with Crippen LogP contribution < -0.4 is 10.2 Å². The Hall–Kier alpha value is -2.83. The highest BCUT2D eigenvalue weighted by molar-refractivity contribution is 6.32. The third-order valence-electron chi connectivity index (χ3n) is 5.77. The van der Waals surface area contributed by atoms with Crippen molar-refractivity contribution in [2.75, 3.05) is 19.8 Å². The molecule has 1 aliphatic rings. The van der Waals surface area contributed by atoms with Crippen molar-refractivity contribution in [3.05, 3.63) is 74.1 Å². The number of carbonyl (C=O) groups is 1. The molecule has 1 aromatic heterocycles. The quantitative estimate of drug-likeness (QED) is 0.490. The fourth-order valence-corrected chi connectivity index (χ4v) is 4.20. The maximum atomic E-state index is 13.5. The maximum Gasteiger partial charge on any atom is 0.290 e. The van der Waals surface area contributed by atoms with Crippen molar-refractivity contribution in [1.82, 2.24) is 4.90 Å². The van der Waals surface area contributed by atoms with Crippen LogP contribution in [-0.2, 0) is 0 Å². The number of carbonyl (C=O) groups excluding carboxylic acids is 1. The molecule has 32 heavy (non-hydrogen) atoms. The number of rotatable bonds is 8. The normalized spacial score (nSPS) is 15.4. The van der Waals surface area contributed by atoms with Gasteiger partial charge in [0, 0.05) is 18.2 Å². The first-order chi connectivity index (χ1) is 15.5. The van der Waals surface area contributed by atoms with Gasteiger partial charge in [0.2, 0.25) is 5.76 Å². The summed E-state index contributed by atoms with van der Waals surface area (Å²) in [5.74, 6) is 0.435. The Morgan fingerprint density at radius 1 is 1.16 bits per heavy atom. The van der Waals surface area contributed by atoms with Gasteiger partial charge in [0.15, 0.2) is 5.43 Å². The lowest BCUT2D eigenvalue weighted by Gasteiger charge is -2.25. The van der Waals surface area contributed by atoms with Gasteiger partial charge >= 0.3 is 0 Å². The van der Waals surface area contributed by atoms with E-state index in [1.807, 2.05) is 31.2 Å². The molecule has 0 aliphatic carbocycles. The maximum absolute atomic E-state index is 13.5. The third kappa shape index (κ3) is 4.00. The van der Waals surface area contributed by atoms with Crippen LogP contribution >= 0.6 is 11.6 Å². The molecular weight excluding hydrogens is 430 g/mol. The lowest BCUT2D eigenvalue weighted by Crippen LogP contribution is -2.31. The topological polar surface area (TPSA) is 80.0 Å². The largest absolute Gasteiger partial charge is 0.494 e. The average molecular weight is 456 g/mol. The zero-order valence-electron chi connectivity index (χ0n) is 18.2. The summed E-state index contributed by atoms with van der Waals surface area (Å²) in [6.07, 6.45) is 2.41. The molecule has 0 bridgehead atoms. The van der Waals surface area contributed by atoms with Crippen molar-refractivity contribution in [3.63, 3.8) is 0 Å². The molecule has 3 aromatic rings. The second kappa shape index (κ2) is 9.35. The monoisotopic (exact) mass is 455 g/mol. The Morgan fingerprint density at radius 2 is 1.91 bits per heavy atom. The number of hydrogen-bond acceptors (Lipinski definition) is 5. The average Bonchev–Trinajstić information content (AvgIpc) is 3.06. The van der Waals surface area contributed by atoms with Gasteiger partial charge in [-0.2, -0.15) is 0 Å². The Kier molecular flexibility index (Phi) is 6.53. The number of unbranched alkanes of at least 4 members (excludes halogenated alkanes) is 1. The number of ether oxygens (including phenoxy) is 1. The fourth-order valence-electron chi connectivity index (χ4n) is 4.04. The standard InChI is InChI=1S/C25H26ClNO5/c1-3-4-12-31-17-8-6-16(7-9-17)22-21-23(29)18-14-19(26)15(2)13-20(18)32-24(21)25(30)27(22)10-5-11-28/h6-9,13-14,22,28H,3-5,10-12H2,1-2H3. The molecule has 0 saturated carbocycles. The second-order valence-corrected chi connectivity index (χ2v) is 8.43. The van der Waals surface area contributed by atoms with Crippen LogP contribution in [0.5, 0.6) is 5.75 Å². The van der Waals surface area contributed by atoms with Crippen LogP contribution in [0, 0.1) is 6.92 Å². The highest BCUT2D eigenvalue weighted by Gasteiger charge is 2.42. The SMILES string of the molecule is CCCCOc1ccc(C2c3c(oc4cc(C)c(Cl)cc4c3=O)C(=O)N2CCCO)cc1. The van der Waals surface area contributed by atoms with Gasteiger partial charge < -0.3 is 19.2 Å². The number of fused-ring (bicyclic) bond motifs is 2. The van der Waals surface area contributed by atoms with Crippen LogP contribution in [0.15, 0.2) is 45.6 Å². The molecule has 0 spiro atoms. The van der Waals surface area contributed by atoms with Crippen molar-refractivity contribution in [2.24, 2.45) is 0 Å². The van der Waals surface area contributed by atoms with E-state index >= 15 is 0 Å². The molecule has 0 fully saturated rings. The van der Waals surface area contributed by atoms with Gasteiger partial charge in [-0.1, -0.05) is 37.1 Å². The van der Waals surface area contributed by atoms with Crippen molar-refractivity contribution in [2.45, 2.75) is 39.2 Å². The highest BCUT2D eigenvalue weighted by Crippen LogP contribution is 2.39. The van der Waals surface area contributed by atoms with Crippen LogP contribution in [-0.4, -0.2) is 35.7 Å². The van der Waals surface area contributed by atoms with E-state index < -0.39 is 6.04 Å². The predicted octanol–water partition coefficient (Wildman–Crippen LogP) is 4.86. The molecule has 1 aliphatic heterocycles. The molecule has 1 atom stereocenters. The predicted molar refractivity (Wildman–Crippen MR) is 124 cm³/mol. The van der Waals surface area contributed by atoms with Crippen molar-refractivity contribution < 1.29 is 19.1 Å². The zero-order valence-corrected chi connectivity index (χ0v) is 18.9. The fraction of sp³-hybridized carbons (Fsp3) is 0.360. The van der Waals surface area contributed by atoms with Crippen LogP contribution in [0.2, 0.25) is 5.02 Å². The number of aliphatic hydroxyl groups is 1. The van der Waals surface area contributed by atoms with E-state index in [1.54, 1.807) is 17.0 Å². The summed E-state index contributed by atoms with van der Waals surface area (Å²) in [7, 11) is 0. The first-order valence-corrected chi connectivity index (χ1v) is 11.3. The van der Waals surface area contributed by atoms with E-state index in [0.29, 0.717) is 41.1 Å². The van der Waals surface area contributed by atoms with Gasteiger partial charge in [-0.05, 0) is 55.2 Å². The molecule has 0 saturated heterocycles. The number of aliphatic hydroxyl groups excluding tert-OH is 1. The Labute approximate surface area is 191 Å². The molecule has 6 nitrogen and oxygen atoms in total. The van der Waals surface area contributed by atoms with Crippen LogP contribution in [0.3, 0.4) is 0 Å². The Morgan fingerprint density at radius 3 is 2.59 bits per heavy atom. The summed E-state index contributed by atoms with van der Waals surface area (Å²) in [6, 6.07) is 10.1.